The Labute approximate surface area is 119 Å². The molecule has 0 aliphatic heterocycles. The van der Waals surface area contributed by atoms with Gasteiger partial charge < -0.3 is 4.74 Å². The van der Waals surface area contributed by atoms with Crippen molar-refractivity contribution >= 4 is 21.9 Å². The lowest BCUT2D eigenvalue weighted by molar-refractivity contribution is 0.0520. The average Bonchev–Trinajstić information content (AvgIpc) is 2.85. The van der Waals surface area contributed by atoms with E-state index in [4.69, 9.17) is 0 Å². The SMILES string of the molecule is CCOC(=O)c1n[nH]nc1-c1c(F)cc(Br)c(F)c1F. The zero-order chi connectivity index (χ0) is 14.9. The Morgan fingerprint density at radius 3 is 2.70 bits per heavy atom. The number of aromatic amines is 1. The fourth-order valence-corrected chi connectivity index (χ4v) is 1.91. The number of carbonyl (C=O) groups is 1. The number of nitrogens with one attached hydrogen (secondary N) is 1. The molecule has 106 valence electrons. The van der Waals surface area contributed by atoms with E-state index in [0.29, 0.717) is 0 Å². The Kier molecular flexibility index (Phi) is 4.07. The Balaban J connectivity index is 2.62. The molecule has 1 N–H and O–H groups in total. The molecule has 2 rings (SSSR count). The maximum atomic E-state index is 13.8. The number of hydrogen-bond donors (Lipinski definition) is 1. The lowest BCUT2D eigenvalue weighted by Crippen LogP contribution is -2.08. The van der Waals surface area contributed by atoms with Gasteiger partial charge in [0, 0.05) is 0 Å². The van der Waals surface area contributed by atoms with Crippen molar-refractivity contribution in [2.45, 2.75) is 6.92 Å². The van der Waals surface area contributed by atoms with Crippen LogP contribution in [-0.4, -0.2) is 28.0 Å². The van der Waals surface area contributed by atoms with Crippen molar-refractivity contribution < 1.29 is 22.7 Å². The minimum Gasteiger partial charge on any atom is -0.461 e. The number of rotatable bonds is 3. The number of halogens is 4. The van der Waals surface area contributed by atoms with Gasteiger partial charge in [-0.1, -0.05) is 0 Å². The molecule has 9 heteroatoms. The predicted molar refractivity (Wildman–Crippen MR) is 65.3 cm³/mol. The largest absolute Gasteiger partial charge is 0.461 e. The minimum absolute atomic E-state index is 0.0464. The van der Waals surface area contributed by atoms with Gasteiger partial charge in [0.1, 0.15) is 11.5 Å². The normalized spacial score (nSPS) is 10.7. The van der Waals surface area contributed by atoms with E-state index in [1.165, 1.54) is 0 Å². The van der Waals surface area contributed by atoms with Crippen LogP contribution in [0.2, 0.25) is 0 Å². The van der Waals surface area contributed by atoms with Crippen LogP contribution < -0.4 is 0 Å². The fourth-order valence-electron chi connectivity index (χ4n) is 1.53. The fraction of sp³-hybridized carbons (Fsp3) is 0.182. The highest BCUT2D eigenvalue weighted by atomic mass is 79.9. The molecule has 0 aliphatic rings. The monoisotopic (exact) mass is 349 g/mol. The van der Waals surface area contributed by atoms with Crippen LogP contribution >= 0.6 is 15.9 Å². The Morgan fingerprint density at radius 2 is 2.05 bits per heavy atom. The standard InChI is InChI=1S/C11H7BrF3N3O2/c1-2-20-11(19)10-9(16-18-17-10)6-5(13)3-4(12)7(14)8(6)15/h3H,2H2,1H3,(H,16,17,18). The van der Waals surface area contributed by atoms with Gasteiger partial charge in [0.2, 0.25) is 0 Å². The number of benzene rings is 1. The molecule has 0 unspecified atom stereocenters. The van der Waals surface area contributed by atoms with Gasteiger partial charge in [0.05, 0.1) is 16.6 Å². The quantitative estimate of drug-likeness (QED) is 0.525. The first-order chi connectivity index (χ1) is 9.47. The summed E-state index contributed by atoms with van der Waals surface area (Å²) >= 11 is 2.68. The third-order valence-electron chi connectivity index (χ3n) is 2.37. The van der Waals surface area contributed by atoms with E-state index in [9.17, 15) is 18.0 Å². The van der Waals surface area contributed by atoms with E-state index < -0.39 is 40.4 Å². The van der Waals surface area contributed by atoms with Gasteiger partial charge in [-0.15, -0.1) is 5.10 Å². The van der Waals surface area contributed by atoms with Crippen LogP contribution in [0, 0.1) is 17.5 Å². The summed E-state index contributed by atoms with van der Waals surface area (Å²) in [6.07, 6.45) is 0. The van der Waals surface area contributed by atoms with Crippen LogP contribution in [0.4, 0.5) is 13.2 Å². The van der Waals surface area contributed by atoms with Crippen molar-refractivity contribution in [3.63, 3.8) is 0 Å². The molecule has 0 fully saturated rings. The van der Waals surface area contributed by atoms with Gasteiger partial charge in [0.25, 0.3) is 0 Å². The molecule has 0 amide bonds. The van der Waals surface area contributed by atoms with Crippen molar-refractivity contribution in [2.24, 2.45) is 0 Å². The zero-order valence-electron chi connectivity index (χ0n) is 10.0. The first-order valence-electron chi connectivity index (χ1n) is 5.38. The number of nitrogens with zero attached hydrogens (tertiary/aromatic N) is 2. The summed E-state index contributed by atoms with van der Waals surface area (Å²) in [5.74, 6) is -4.77. The number of hydrogen-bond acceptors (Lipinski definition) is 4. The first-order valence-corrected chi connectivity index (χ1v) is 6.17. The predicted octanol–water partition coefficient (Wildman–Crippen LogP) is 2.83. The smallest absolute Gasteiger partial charge is 0.361 e. The molecule has 0 aliphatic carbocycles. The van der Waals surface area contributed by atoms with Crippen molar-refractivity contribution in [1.82, 2.24) is 15.4 Å². The Hall–Kier alpha value is -1.90. The van der Waals surface area contributed by atoms with E-state index >= 15 is 0 Å². The molecule has 0 radical (unpaired) electrons. The number of esters is 1. The Morgan fingerprint density at radius 1 is 1.35 bits per heavy atom. The van der Waals surface area contributed by atoms with Gasteiger partial charge in [-0.05, 0) is 28.9 Å². The molecule has 0 saturated heterocycles. The Bertz CT molecular complexity index is 675. The van der Waals surface area contributed by atoms with Crippen molar-refractivity contribution in [1.29, 1.82) is 0 Å². The molecule has 1 aromatic carbocycles. The van der Waals surface area contributed by atoms with Gasteiger partial charge in [-0.3, -0.25) is 0 Å². The molecule has 0 saturated carbocycles. The molecule has 1 aromatic heterocycles. The first kappa shape index (κ1) is 14.5. The maximum absolute atomic E-state index is 13.8. The van der Waals surface area contributed by atoms with E-state index in [2.05, 4.69) is 36.1 Å². The number of aromatic nitrogens is 3. The zero-order valence-corrected chi connectivity index (χ0v) is 11.6. The highest BCUT2D eigenvalue weighted by molar-refractivity contribution is 9.10. The molecule has 0 spiro atoms. The van der Waals surface area contributed by atoms with Crippen molar-refractivity contribution in [3.05, 3.63) is 33.7 Å². The third kappa shape index (κ3) is 2.40. The summed E-state index contributed by atoms with van der Waals surface area (Å²) in [6.45, 7) is 1.60. The van der Waals surface area contributed by atoms with Crippen LogP contribution in [0.15, 0.2) is 10.5 Å². The van der Waals surface area contributed by atoms with Gasteiger partial charge in [-0.2, -0.15) is 10.3 Å². The second kappa shape index (κ2) is 5.61. The third-order valence-corrected chi connectivity index (χ3v) is 2.94. The van der Waals surface area contributed by atoms with Crippen LogP contribution in [0.3, 0.4) is 0 Å². The maximum Gasteiger partial charge on any atom is 0.361 e. The summed E-state index contributed by atoms with van der Waals surface area (Å²) in [5.41, 5.74) is -1.67. The van der Waals surface area contributed by atoms with Gasteiger partial charge >= 0.3 is 5.97 Å². The van der Waals surface area contributed by atoms with Crippen LogP contribution in [-0.2, 0) is 4.74 Å². The van der Waals surface area contributed by atoms with Crippen LogP contribution in [0.5, 0.6) is 0 Å². The average molecular weight is 350 g/mol. The second-order valence-corrected chi connectivity index (χ2v) is 4.44. The number of H-pyrrole nitrogens is 1. The molecule has 2 aromatic rings. The molecule has 20 heavy (non-hydrogen) atoms. The van der Waals surface area contributed by atoms with Crippen LogP contribution in [0.25, 0.3) is 11.3 Å². The second-order valence-electron chi connectivity index (χ2n) is 3.58. The molecular formula is C11H7BrF3N3O2. The highest BCUT2D eigenvalue weighted by Gasteiger charge is 2.27. The molecule has 0 bridgehead atoms. The minimum atomic E-state index is -1.48. The number of ether oxygens (including phenoxy) is 1. The lowest BCUT2D eigenvalue weighted by atomic mass is 10.1. The van der Waals surface area contributed by atoms with E-state index in [1.54, 1.807) is 6.92 Å². The summed E-state index contributed by atoms with van der Waals surface area (Å²) < 4.78 is 45.4. The van der Waals surface area contributed by atoms with Crippen molar-refractivity contribution in [3.8, 4) is 11.3 Å². The molecular weight excluding hydrogens is 343 g/mol. The summed E-state index contributed by atoms with van der Waals surface area (Å²) in [4.78, 5) is 11.6. The number of carbonyl (C=O) groups excluding carboxylic acids is 1. The van der Waals surface area contributed by atoms with E-state index in [0.717, 1.165) is 6.07 Å². The topological polar surface area (TPSA) is 67.9 Å². The van der Waals surface area contributed by atoms with E-state index in [1.807, 2.05) is 0 Å². The molecule has 5 nitrogen and oxygen atoms in total. The molecule has 1 heterocycles. The summed E-state index contributed by atoms with van der Waals surface area (Å²) in [7, 11) is 0. The van der Waals surface area contributed by atoms with Gasteiger partial charge in [-0.25, -0.2) is 18.0 Å². The molecule has 0 atom stereocenters. The summed E-state index contributed by atoms with van der Waals surface area (Å²) in [6, 6.07) is 0.733. The van der Waals surface area contributed by atoms with Gasteiger partial charge in [0.15, 0.2) is 17.3 Å². The summed E-state index contributed by atoms with van der Waals surface area (Å²) in [5, 5.41) is 9.01. The highest BCUT2D eigenvalue weighted by Crippen LogP contribution is 2.31. The van der Waals surface area contributed by atoms with Crippen molar-refractivity contribution in [2.75, 3.05) is 6.61 Å². The lowest BCUT2D eigenvalue weighted by Gasteiger charge is -2.06. The van der Waals surface area contributed by atoms with Crippen LogP contribution in [0.1, 0.15) is 17.4 Å². The van der Waals surface area contributed by atoms with E-state index in [-0.39, 0.29) is 11.1 Å².